The fourth-order valence-electron chi connectivity index (χ4n) is 2.30. The third kappa shape index (κ3) is 4.49. The lowest BCUT2D eigenvalue weighted by atomic mass is 10.1. The van der Waals surface area contributed by atoms with Gasteiger partial charge >= 0.3 is 5.97 Å². The van der Waals surface area contributed by atoms with Crippen molar-refractivity contribution < 1.29 is 14.3 Å². The van der Waals surface area contributed by atoms with E-state index in [1.54, 1.807) is 48.5 Å². The Morgan fingerprint density at radius 3 is 2.12 bits per heavy atom. The second-order valence-electron chi connectivity index (χ2n) is 5.82. The summed E-state index contributed by atoms with van der Waals surface area (Å²) in [5.41, 5.74) is 3.14. The van der Waals surface area contributed by atoms with E-state index in [4.69, 9.17) is 14.7 Å². The van der Waals surface area contributed by atoms with Gasteiger partial charge in [-0.1, -0.05) is 29.8 Å². The van der Waals surface area contributed by atoms with Crippen LogP contribution in [0.15, 0.2) is 72.8 Å². The molecule has 4 heteroatoms. The van der Waals surface area contributed by atoms with Crippen LogP contribution in [0.25, 0.3) is 0 Å². The molecule has 0 aromatic heterocycles. The molecule has 0 aliphatic rings. The van der Waals surface area contributed by atoms with Crippen LogP contribution in [0.1, 0.15) is 27.0 Å². The molecule has 0 N–H and O–H groups in total. The normalized spacial score (nSPS) is 10.0. The van der Waals surface area contributed by atoms with E-state index < -0.39 is 5.97 Å². The average molecular weight is 343 g/mol. The minimum atomic E-state index is -0.410. The van der Waals surface area contributed by atoms with Crippen molar-refractivity contribution in [3.8, 4) is 17.6 Å². The van der Waals surface area contributed by atoms with Crippen LogP contribution < -0.4 is 9.47 Å². The summed E-state index contributed by atoms with van der Waals surface area (Å²) in [5, 5.41) is 8.79. The molecule has 0 saturated carbocycles. The number of aryl methyl sites for hydroxylation is 1. The van der Waals surface area contributed by atoms with E-state index in [9.17, 15) is 4.79 Å². The van der Waals surface area contributed by atoms with E-state index >= 15 is 0 Å². The zero-order chi connectivity index (χ0) is 18.4. The first-order valence-corrected chi connectivity index (χ1v) is 8.15. The molecule has 0 unspecified atom stereocenters. The van der Waals surface area contributed by atoms with Gasteiger partial charge in [0.15, 0.2) is 0 Å². The molecule has 3 aromatic rings. The summed E-state index contributed by atoms with van der Waals surface area (Å²) in [4.78, 5) is 12.2. The fraction of sp³-hybridized carbons (Fsp3) is 0.0909. The number of carbonyl (C=O) groups is 1. The number of ether oxygens (including phenoxy) is 2. The minimum absolute atomic E-state index is 0.388. The molecule has 0 heterocycles. The van der Waals surface area contributed by atoms with Crippen molar-refractivity contribution in [3.63, 3.8) is 0 Å². The van der Waals surface area contributed by atoms with Gasteiger partial charge in [0.1, 0.15) is 18.1 Å². The van der Waals surface area contributed by atoms with Crippen molar-refractivity contribution in [1.29, 1.82) is 5.26 Å². The summed E-state index contributed by atoms with van der Waals surface area (Å²) in [6.07, 6.45) is 0. The van der Waals surface area contributed by atoms with E-state index in [1.807, 2.05) is 31.2 Å². The molecule has 128 valence electrons. The Hall–Kier alpha value is -3.58. The molecular formula is C22H17NO3. The van der Waals surface area contributed by atoms with Gasteiger partial charge in [0.25, 0.3) is 0 Å². The first-order chi connectivity index (χ1) is 12.6. The summed E-state index contributed by atoms with van der Waals surface area (Å²) in [6.45, 7) is 2.36. The molecule has 0 radical (unpaired) electrons. The number of carbonyl (C=O) groups excluding carboxylic acids is 1. The molecule has 0 aliphatic heterocycles. The van der Waals surface area contributed by atoms with Gasteiger partial charge in [-0.3, -0.25) is 0 Å². The van der Waals surface area contributed by atoms with Crippen molar-refractivity contribution in [1.82, 2.24) is 0 Å². The zero-order valence-corrected chi connectivity index (χ0v) is 14.3. The second kappa shape index (κ2) is 8.00. The molecule has 26 heavy (non-hydrogen) atoms. The van der Waals surface area contributed by atoms with Gasteiger partial charge in [-0.2, -0.15) is 5.26 Å². The molecule has 3 rings (SSSR count). The van der Waals surface area contributed by atoms with Gasteiger partial charge in [0.05, 0.1) is 17.2 Å². The monoisotopic (exact) mass is 343 g/mol. The molecule has 0 saturated heterocycles. The Balaban J connectivity index is 1.57. The van der Waals surface area contributed by atoms with Crippen molar-refractivity contribution in [2.45, 2.75) is 13.5 Å². The Kier molecular flexibility index (Phi) is 5.31. The van der Waals surface area contributed by atoms with Crippen molar-refractivity contribution in [2.75, 3.05) is 0 Å². The van der Waals surface area contributed by atoms with Gasteiger partial charge in [0, 0.05) is 0 Å². The molecule has 0 atom stereocenters. The third-order valence-electron chi connectivity index (χ3n) is 3.81. The number of esters is 1. The molecule has 0 amide bonds. The maximum atomic E-state index is 12.2. The van der Waals surface area contributed by atoms with E-state index in [1.165, 1.54) is 0 Å². The SMILES string of the molecule is Cc1ccc(OC(=O)c2ccc(OCc3ccc(C#N)cc3)cc2)cc1. The van der Waals surface area contributed by atoms with Crippen molar-refractivity contribution >= 4 is 5.97 Å². The van der Waals surface area contributed by atoms with Gasteiger partial charge in [-0.15, -0.1) is 0 Å². The quantitative estimate of drug-likeness (QED) is 0.499. The summed E-state index contributed by atoms with van der Waals surface area (Å²) in [5.74, 6) is 0.760. The van der Waals surface area contributed by atoms with Crippen LogP contribution in [0.3, 0.4) is 0 Å². The second-order valence-corrected chi connectivity index (χ2v) is 5.82. The van der Waals surface area contributed by atoms with Crippen LogP contribution in [-0.2, 0) is 6.61 Å². The van der Waals surface area contributed by atoms with Crippen LogP contribution in [0.2, 0.25) is 0 Å². The smallest absolute Gasteiger partial charge is 0.343 e. The van der Waals surface area contributed by atoms with Crippen LogP contribution in [0.4, 0.5) is 0 Å². The highest BCUT2D eigenvalue weighted by Gasteiger charge is 2.08. The van der Waals surface area contributed by atoms with E-state index in [0.29, 0.717) is 29.2 Å². The third-order valence-corrected chi connectivity index (χ3v) is 3.81. The maximum absolute atomic E-state index is 12.2. The van der Waals surface area contributed by atoms with Crippen molar-refractivity contribution in [2.24, 2.45) is 0 Å². The first-order valence-electron chi connectivity index (χ1n) is 8.15. The molecule has 0 spiro atoms. The Bertz CT molecular complexity index is 921. The lowest BCUT2D eigenvalue weighted by molar-refractivity contribution is 0.0734. The summed E-state index contributed by atoms with van der Waals surface area (Å²) < 4.78 is 11.0. The number of rotatable bonds is 5. The van der Waals surface area contributed by atoms with Crippen LogP contribution in [0.5, 0.6) is 11.5 Å². The highest BCUT2D eigenvalue weighted by Crippen LogP contribution is 2.17. The van der Waals surface area contributed by atoms with Gasteiger partial charge in [-0.25, -0.2) is 4.79 Å². The summed E-state index contributed by atoms with van der Waals surface area (Å²) in [7, 11) is 0. The predicted molar refractivity (Wildman–Crippen MR) is 98.1 cm³/mol. The van der Waals surface area contributed by atoms with Crippen molar-refractivity contribution in [3.05, 3.63) is 95.1 Å². The van der Waals surface area contributed by atoms with Gasteiger partial charge in [-0.05, 0) is 61.0 Å². The first kappa shape index (κ1) is 17.2. The van der Waals surface area contributed by atoms with Gasteiger partial charge < -0.3 is 9.47 Å². The van der Waals surface area contributed by atoms with E-state index in [0.717, 1.165) is 11.1 Å². The highest BCUT2D eigenvalue weighted by atomic mass is 16.5. The summed E-state index contributed by atoms with van der Waals surface area (Å²) >= 11 is 0. The Labute approximate surface area is 152 Å². The lowest BCUT2D eigenvalue weighted by Gasteiger charge is -2.08. The van der Waals surface area contributed by atoms with Crippen LogP contribution in [0, 0.1) is 18.3 Å². The lowest BCUT2D eigenvalue weighted by Crippen LogP contribution is -2.08. The molecule has 0 aliphatic carbocycles. The Morgan fingerprint density at radius 2 is 1.50 bits per heavy atom. The molecule has 4 nitrogen and oxygen atoms in total. The molecule has 3 aromatic carbocycles. The average Bonchev–Trinajstić information content (AvgIpc) is 2.69. The molecule has 0 bridgehead atoms. The van der Waals surface area contributed by atoms with E-state index in [2.05, 4.69) is 6.07 Å². The minimum Gasteiger partial charge on any atom is -0.489 e. The Morgan fingerprint density at radius 1 is 0.885 bits per heavy atom. The number of nitriles is 1. The number of nitrogens with zero attached hydrogens (tertiary/aromatic N) is 1. The molecule has 0 fully saturated rings. The van der Waals surface area contributed by atoms with Gasteiger partial charge in [0.2, 0.25) is 0 Å². The maximum Gasteiger partial charge on any atom is 0.343 e. The molecular weight excluding hydrogens is 326 g/mol. The standard InChI is InChI=1S/C22H17NO3/c1-16-2-10-21(11-3-16)26-22(24)19-8-12-20(13-9-19)25-15-18-6-4-17(14-23)5-7-18/h2-13H,15H2,1H3. The zero-order valence-electron chi connectivity index (χ0n) is 14.3. The van der Waals surface area contributed by atoms with E-state index in [-0.39, 0.29) is 0 Å². The van der Waals surface area contributed by atoms with Crippen LogP contribution in [-0.4, -0.2) is 5.97 Å². The fourth-order valence-corrected chi connectivity index (χ4v) is 2.30. The largest absolute Gasteiger partial charge is 0.489 e. The van der Waals surface area contributed by atoms with Crippen LogP contribution >= 0.6 is 0 Å². The number of hydrogen-bond acceptors (Lipinski definition) is 4. The predicted octanol–water partition coefficient (Wildman–Crippen LogP) is 4.66. The highest BCUT2D eigenvalue weighted by molar-refractivity contribution is 5.91. The topological polar surface area (TPSA) is 59.3 Å². The number of hydrogen-bond donors (Lipinski definition) is 0. The summed E-state index contributed by atoms with van der Waals surface area (Å²) in [6, 6.07) is 23.4. The number of benzene rings is 3.